The predicted octanol–water partition coefficient (Wildman–Crippen LogP) is 2.79. The fourth-order valence-electron chi connectivity index (χ4n) is 4.38. The molecule has 1 saturated heterocycles. The van der Waals surface area contributed by atoms with Crippen LogP contribution in [0.4, 0.5) is 5.69 Å². The first-order valence-corrected chi connectivity index (χ1v) is 9.08. The molecule has 1 spiro atoms. The van der Waals surface area contributed by atoms with Gasteiger partial charge in [-0.3, -0.25) is 4.21 Å². The summed E-state index contributed by atoms with van der Waals surface area (Å²) in [6.07, 6.45) is 7.39. The maximum absolute atomic E-state index is 11.4. The van der Waals surface area contributed by atoms with Crippen LogP contribution in [0.15, 0.2) is 29.2 Å². The van der Waals surface area contributed by atoms with E-state index in [9.17, 15) is 4.21 Å². The average molecular weight is 291 g/mol. The van der Waals surface area contributed by atoms with Crippen molar-refractivity contribution in [2.24, 2.45) is 11.3 Å². The summed E-state index contributed by atoms with van der Waals surface area (Å²) in [6, 6.07) is 8.63. The quantitative estimate of drug-likeness (QED) is 0.930. The first kappa shape index (κ1) is 12.8. The van der Waals surface area contributed by atoms with Gasteiger partial charge < -0.3 is 10.1 Å². The third-order valence-electron chi connectivity index (χ3n) is 5.54. The van der Waals surface area contributed by atoms with E-state index in [0.717, 1.165) is 17.2 Å². The molecule has 4 rings (SSSR count). The van der Waals surface area contributed by atoms with Crippen LogP contribution in [-0.2, 0) is 15.5 Å². The van der Waals surface area contributed by atoms with Crippen molar-refractivity contribution in [3.63, 3.8) is 0 Å². The molecule has 1 heterocycles. The molecule has 3 aliphatic rings. The lowest BCUT2D eigenvalue weighted by atomic mass is 9.46. The van der Waals surface area contributed by atoms with Gasteiger partial charge >= 0.3 is 0 Å². The van der Waals surface area contributed by atoms with Gasteiger partial charge in [0, 0.05) is 51.6 Å². The fraction of sp³-hybridized carbons (Fsp3) is 0.625. The highest BCUT2D eigenvalue weighted by Gasteiger charge is 2.66. The standard InChI is InChI=1S/C16H21NO2S/c1-20(18)12-5-3-11(4-6-12)17-14-13-7-10-19-15(13)16(14)8-2-9-16/h3-6,13-15,17H,2,7-10H2,1H3. The van der Waals surface area contributed by atoms with E-state index in [1.54, 1.807) is 6.26 Å². The number of rotatable bonds is 3. The van der Waals surface area contributed by atoms with Crippen LogP contribution < -0.4 is 5.32 Å². The monoisotopic (exact) mass is 291 g/mol. The number of hydrogen-bond donors (Lipinski definition) is 1. The van der Waals surface area contributed by atoms with Crippen LogP contribution in [0.2, 0.25) is 0 Å². The minimum atomic E-state index is -0.896. The number of benzene rings is 1. The minimum Gasteiger partial charge on any atom is -0.381 e. The molecule has 3 nitrogen and oxygen atoms in total. The highest BCUT2D eigenvalue weighted by molar-refractivity contribution is 7.84. The van der Waals surface area contributed by atoms with Crippen LogP contribution in [0.1, 0.15) is 25.7 Å². The molecule has 2 saturated carbocycles. The zero-order valence-electron chi connectivity index (χ0n) is 11.8. The lowest BCUT2D eigenvalue weighted by Crippen LogP contribution is -2.68. The average Bonchev–Trinajstić information content (AvgIpc) is 2.80. The van der Waals surface area contributed by atoms with Crippen molar-refractivity contribution in [2.75, 3.05) is 18.2 Å². The Morgan fingerprint density at radius 2 is 2.05 bits per heavy atom. The van der Waals surface area contributed by atoms with E-state index in [-0.39, 0.29) is 0 Å². The lowest BCUT2D eigenvalue weighted by molar-refractivity contribution is -0.158. The maximum atomic E-state index is 11.4. The fourth-order valence-corrected chi connectivity index (χ4v) is 4.90. The van der Waals surface area contributed by atoms with Crippen LogP contribution in [0.25, 0.3) is 0 Å². The van der Waals surface area contributed by atoms with Gasteiger partial charge in [0.2, 0.25) is 0 Å². The van der Waals surface area contributed by atoms with Gasteiger partial charge in [0.1, 0.15) is 0 Å². The van der Waals surface area contributed by atoms with Crippen LogP contribution >= 0.6 is 0 Å². The molecule has 1 aromatic carbocycles. The number of anilines is 1. The molecule has 20 heavy (non-hydrogen) atoms. The molecule has 1 aromatic rings. The Balaban J connectivity index is 1.52. The Hall–Kier alpha value is -0.870. The molecule has 4 atom stereocenters. The van der Waals surface area contributed by atoms with E-state index >= 15 is 0 Å². The summed E-state index contributed by atoms with van der Waals surface area (Å²) in [4.78, 5) is 0.893. The summed E-state index contributed by atoms with van der Waals surface area (Å²) in [5.41, 5.74) is 1.56. The van der Waals surface area contributed by atoms with E-state index in [0.29, 0.717) is 23.5 Å². The molecule has 3 fully saturated rings. The molecule has 0 radical (unpaired) electrons. The Morgan fingerprint density at radius 3 is 2.65 bits per heavy atom. The Kier molecular flexibility index (Phi) is 2.93. The van der Waals surface area contributed by atoms with E-state index < -0.39 is 10.8 Å². The zero-order chi connectivity index (χ0) is 13.7. The molecule has 0 aromatic heterocycles. The van der Waals surface area contributed by atoms with Crippen LogP contribution in [0.3, 0.4) is 0 Å². The van der Waals surface area contributed by atoms with E-state index in [1.807, 2.05) is 12.1 Å². The largest absolute Gasteiger partial charge is 0.381 e. The van der Waals surface area contributed by atoms with Crippen molar-refractivity contribution >= 4 is 16.5 Å². The predicted molar refractivity (Wildman–Crippen MR) is 80.3 cm³/mol. The normalized spacial score (nSPS) is 35.0. The highest BCUT2D eigenvalue weighted by Crippen LogP contribution is 2.63. The second kappa shape index (κ2) is 4.57. The molecule has 0 bridgehead atoms. The smallest absolute Gasteiger partial charge is 0.0699 e. The third-order valence-corrected chi connectivity index (χ3v) is 6.48. The van der Waals surface area contributed by atoms with Gasteiger partial charge in [0.05, 0.1) is 6.10 Å². The number of hydrogen-bond acceptors (Lipinski definition) is 3. The molecular weight excluding hydrogens is 270 g/mol. The minimum absolute atomic E-state index is 0.410. The molecule has 4 unspecified atom stereocenters. The molecule has 2 aliphatic carbocycles. The molecule has 1 N–H and O–H groups in total. The van der Waals surface area contributed by atoms with Crippen molar-refractivity contribution in [1.29, 1.82) is 0 Å². The summed E-state index contributed by atoms with van der Waals surface area (Å²) < 4.78 is 17.4. The molecular formula is C16H21NO2S. The van der Waals surface area contributed by atoms with Gasteiger partial charge in [0.15, 0.2) is 0 Å². The van der Waals surface area contributed by atoms with Gasteiger partial charge in [0.25, 0.3) is 0 Å². The first-order chi connectivity index (χ1) is 9.71. The van der Waals surface area contributed by atoms with Crippen LogP contribution in [0.5, 0.6) is 0 Å². The van der Waals surface area contributed by atoms with Crippen molar-refractivity contribution in [3.8, 4) is 0 Å². The van der Waals surface area contributed by atoms with Gasteiger partial charge in [-0.2, -0.15) is 0 Å². The summed E-state index contributed by atoms with van der Waals surface area (Å²) in [6.45, 7) is 0.934. The van der Waals surface area contributed by atoms with Gasteiger partial charge in [-0.15, -0.1) is 0 Å². The highest BCUT2D eigenvalue weighted by atomic mass is 32.2. The number of ether oxygens (including phenoxy) is 1. The second-order valence-corrected chi connectivity index (χ2v) is 7.81. The first-order valence-electron chi connectivity index (χ1n) is 7.52. The Labute approximate surface area is 122 Å². The molecule has 4 heteroatoms. The van der Waals surface area contributed by atoms with E-state index in [2.05, 4.69) is 17.4 Å². The second-order valence-electron chi connectivity index (χ2n) is 6.43. The molecule has 0 amide bonds. The van der Waals surface area contributed by atoms with Crippen molar-refractivity contribution in [3.05, 3.63) is 24.3 Å². The van der Waals surface area contributed by atoms with Gasteiger partial charge in [-0.05, 0) is 43.5 Å². The maximum Gasteiger partial charge on any atom is 0.0699 e. The topological polar surface area (TPSA) is 38.3 Å². The van der Waals surface area contributed by atoms with Crippen molar-refractivity contribution in [2.45, 2.75) is 42.7 Å². The third kappa shape index (κ3) is 1.70. The summed E-state index contributed by atoms with van der Waals surface area (Å²) >= 11 is 0. The molecule has 108 valence electrons. The lowest BCUT2D eigenvalue weighted by Gasteiger charge is -2.63. The Bertz CT molecular complexity index is 538. The summed E-state index contributed by atoms with van der Waals surface area (Å²) in [5.74, 6) is 0.690. The van der Waals surface area contributed by atoms with Crippen LogP contribution in [-0.4, -0.2) is 29.2 Å². The Morgan fingerprint density at radius 1 is 1.30 bits per heavy atom. The number of fused-ring (bicyclic) bond motifs is 2. The number of nitrogens with one attached hydrogen (secondary N) is 1. The molecule has 1 aliphatic heterocycles. The zero-order valence-corrected chi connectivity index (χ0v) is 12.6. The van der Waals surface area contributed by atoms with Gasteiger partial charge in [-0.25, -0.2) is 0 Å². The summed E-state index contributed by atoms with van der Waals surface area (Å²) in [7, 11) is -0.896. The van der Waals surface area contributed by atoms with Crippen LogP contribution in [0, 0.1) is 11.3 Å². The van der Waals surface area contributed by atoms with E-state index in [1.165, 1.54) is 25.7 Å². The van der Waals surface area contributed by atoms with Crippen molar-refractivity contribution < 1.29 is 8.95 Å². The SMILES string of the molecule is CS(=O)c1ccc(NC2C3CCOC3C23CCC3)cc1. The van der Waals surface area contributed by atoms with Crippen molar-refractivity contribution in [1.82, 2.24) is 0 Å². The van der Waals surface area contributed by atoms with Gasteiger partial charge in [-0.1, -0.05) is 6.42 Å². The summed E-state index contributed by atoms with van der Waals surface area (Å²) in [5, 5.41) is 3.73. The van der Waals surface area contributed by atoms with E-state index in [4.69, 9.17) is 4.74 Å².